The van der Waals surface area contributed by atoms with E-state index in [1.165, 1.54) is 4.68 Å². The van der Waals surface area contributed by atoms with Crippen LogP contribution < -0.4 is 21.3 Å². The van der Waals surface area contributed by atoms with Gasteiger partial charge in [-0.15, -0.1) is 0 Å². The van der Waals surface area contributed by atoms with Gasteiger partial charge >= 0.3 is 11.8 Å². The highest BCUT2D eigenvalue weighted by atomic mass is 16.2. The molecule has 2 atom stereocenters. The molecule has 3 amide bonds. The van der Waals surface area contributed by atoms with Crippen LogP contribution >= 0.6 is 0 Å². The van der Waals surface area contributed by atoms with Crippen molar-refractivity contribution in [2.75, 3.05) is 11.9 Å². The Morgan fingerprint density at radius 2 is 2.00 bits per heavy atom. The number of nitrogens with one attached hydrogen (secondary N) is 4. The zero-order valence-electron chi connectivity index (χ0n) is 17.5. The van der Waals surface area contributed by atoms with Gasteiger partial charge in [0, 0.05) is 25.1 Å². The van der Waals surface area contributed by atoms with Crippen LogP contribution in [0.4, 0.5) is 5.82 Å². The largest absolute Gasteiger partial charge is 0.348 e. The first kappa shape index (κ1) is 21.9. The maximum Gasteiger partial charge on any atom is 0.314 e. The van der Waals surface area contributed by atoms with Gasteiger partial charge in [-0.05, 0) is 24.7 Å². The maximum atomic E-state index is 12.2. The van der Waals surface area contributed by atoms with Crippen LogP contribution in [-0.4, -0.2) is 40.1 Å². The number of carbonyl (C=O) groups is 3. The van der Waals surface area contributed by atoms with Gasteiger partial charge < -0.3 is 16.0 Å². The molecule has 0 bridgehead atoms. The van der Waals surface area contributed by atoms with Crippen LogP contribution in [-0.2, 0) is 14.4 Å². The van der Waals surface area contributed by atoms with E-state index in [4.69, 9.17) is 0 Å². The van der Waals surface area contributed by atoms with Crippen molar-refractivity contribution in [1.29, 1.82) is 0 Å². The van der Waals surface area contributed by atoms with Crippen molar-refractivity contribution in [2.24, 2.45) is 11.3 Å². The first-order valence-corrected chi connectivity index (χ1v) is 9.68. The third kappa shape index (κ3) is 5.79. The maximum absolute atomic E-state index is 12.2. The molecule has 1 aliphatic rings. The lowest BCUT2D eigenvalue weighted by Crippen LogP contribution is -2.57. The quantitative estimate of drug-likeness (QED) is 0.563. The number of hydrogen-bond acceptors (Lipinski definition) is 5. The van der Waals surface area contributed by atoms with E-state index < -0.39 is 18.1 Å². The van der Waals surface area contributed by atoms with Gasteiger partial charge in [-0.25, -0.2) is 4.68 Å². The minimum atomic E-state index is -0.764. The predicted octanol–water partition coefficient (Wildman–Crippen LogP) is 1.27. The molecule has 4 N–H and O–H groups in total. The summed E-state index contributed by atoms with van der Waals surface area (Å²) >= 11 is 0. The number of hydrogen-bond donors (Lipinski definition) is 4. The lowest BCUT2D eigenvalue weighted by molar-refractivity contribution is -0.136. The lowest BCUT2D eigenvalue weighted by Gasteiger charge is -2.39. The number of amides is 3. The Morgan fingerprint density at radius 1 is 1.32 bits per heavy atom. The molecule has 2 unspecified atom stereocenters. The summed E-state index contributed by atoms with van der Waals surface area (Å²) in [6.07, 6.45) is 0.543. The predicted molar refractivity (Wildman–Crippen MR) is 106 cm³/mol. The van der Waals surface area contributed by atoms with Crippen LogP contribution in [0.5, 0.6) is 0 Å². The third-order valence-electron chi connectivity index (χ3n) is 4.65. The first-order chi connectivity index (χ1) is 13.0. The minimum Gasteiger partial charge on any atom is -0.348 e. The smallest absolute Gasteiger partial charge is 0.314 e. The minimum absolute atomic E-state index is 0.0568. The highest BCUT2D eigenvalue weighted by Gasteiger charge is 2.35. The van der Waals surface area contributed by atoms with Crippen molar-refractivity contribution < 1.29 is 14.4 Å². The molecule has 0 spiro atoms. The molecule has 1 aliphatic heterocycles. The van der Waals surface area contributed by atoms with Gasteiger partial charge in [0.15, 0.2) is 6.29 Å². The summed E-state index contributed by atoms with van der Waals surface area (Å²) in [5.74, 6) is -0.780. The number of nitrogens with zero attached hydrogens (tertiary/aromatic N) is 2. The van der Waals surface area contributed by atoms with E-state index in [0.717, 1.165) is 6.42 Å². The summed E-state index contributed by atoms with van der Waals surface area (Å²) in [5.41, 5.74) is 0.530. The Morgan fingerprint density at radius 3 is 2.61 bits per heavy atom. The fraction of sp³-hybridized carbons (Fsp3) is 0.684. The summed E-state index contributed by atoms with van der Waals surface area (Å²) in [6, 6.07) is 1.60. The molecule has 2 rings (SSSR count). The fourth-order valence-electron chi connectivity index (χ4n) is 2.91. The van der Waals surface area contributed by atoms with E-state index in [0.29, 0.717) is 30.4 Å². The van der Waals surface area contributed by atoms with Crippen LogP contribution in [0.15, 0.2) is 6.07 Å². The average Bonchev–Trinajstić information content (AvgIpc) is 2.93. The van der Waals surface area contributed by atoms with E-state index >= 15 is 0 Å². The second-order valence-electron chi connectivity index (χ2n) is 8.77. The molecule has 156 valence electrons. The van der Waals surface area contributed by atoms with E-state index in [1.54, 1.807) is 13.0 Å². The van der Waals surface area contributed by atoms with Gasteiger partial charge in [0.1, 0.15) is 5.82 Å². The highest BCUT2D eigenvalue weighted by Crippen LogP contribution is 2.26. The first-order valence-electron chi connectivity index (χ1n) is 9.68. The second kappa shape index (κ2) is 8.72. The number of carbonyl (C=O) groups excluding carboxylic acids is 3. The van der Waals surface area contributed by atoms with Crippen LogP contribution in [0, 0.1) is 18.3 Å². The van der Waals surface area contributed by atoms with Crippen LogP contribution in [0.1, 0.15) is 59.4 Å². The zero-order chi connectivity index (χ0) is 21.1. The van der Waals surface area contributed by atoms with Crippen molar-refractivity contribution >= 4 is 23.5 Å². The lowest BCUT2D eigenvalue weighted by atomic mass is 9.84. The van der Waals surface area contributed by atoms with Crippen molar-refractivity contribution in [3.05, 3.63) is 11.8 Å². The summed E-state index contributed by atoms with van der Waals surface area (Å²) in [7, 11) is 0. The molecule has 0 radical (unpaired) electrons. The third-order valence-corrected chi connectivity index (χ3v) is 4.65. The molecule has 0 saturated carbocycles. The Bertz CT molecular complexity index is 735. The normalized spacial score (nSPS) is 20.0. The summed E-state index contributed by atoms with van der Waals surface area (Å²) < 4.78 is 1.49. The Kier molecular flexibility index (Phi) is 6.82. The molecule has 28 heavy (non-hydrogen) atoms. The van der Waals surface area contributed by atoms with Crippen LogP contribution in [0.3, 0.4) is 0 Å². The molecule has 9 heteroatoms. The topological polar surface area (TPSA) is 117 Å². The Hall–Kier alpha value is -2.42. The molecule has 0 aliphatic carbocycles. The van der Waals surface area contributed by atoms with Crippen LogP contribution in [0.2, 0.25) is 0 Å². The van der Waals surface area contributed by atoms with E-state index in [9.17, 15) is 14.4 Å². The van der Waals surface area contributed by atoms with Gasteiger partial charge in [-0.2, -0.15) is 5.10 Å². The van der Waals surface area contributed by atoms with Crippen molar-refractivity contribution in [3.8, 4) is 0 Å². The Balaban J connectivity index is 2.11. The summed E-state index contributed by atoms with van der Waals surface area (Å²) in [6.45, 7) is 12.5. The zero-order valence-corrected chi connectivity index (χ0v) is 17.5. The molecule has 1 aromatic rings. The summed E-state index contributed by atoms with van der Waals surface area (Å²) in [5, 5.41) is 15.8. The average molecular weight is 393 g/mol. The molecular weight excluding hydrogens is 360 g/mol. The van der Waals surface area contributed by atoms with Gasteiger partial charge in [0.05, 0.1) is 5.69 Å². The van der Waals surface area contributed by atoms with Crippen molar-refractivity contribution in [3.63, 3.8) is 0 Å². The number of aromatic nitrogens is 2. The molecule has 1 saturated heterocycles. The number of rotatable bonds is 5. The van der Waals surface area contributed by atoms with Gasteiger partial charge in [0.25, 0.3) is 0 Å². The highest BCUT2D eigenvalue weighted by molar-refractivity contribution is 6.39. The fourth-order valence-corrected chi connectivity index (χ4v) is 2.91. The van der Waals surface area contributed by atoms with Crippen molar-refractivity contribution in [1.82, 2.24) is 25.7 Å². The second-order valence-corrected chi connectivity index (χ2v) is 8.77. The monoisotopic (exact) mass is 392 g/mol. The number of aryl methyl sites for hydroxylation is 1. The van der Waals surface area contributed by atoms with Crippen molar-refractivity contribution in [2.45, 2.75) is 66.7 Å². The SMILES string of the molecule is Cc1cc(NC(=O)C(=O)NCCC(C)C)n(C2NC(=O)CC(C(C)(C)C)N2)n1. The van der Waals surface area contributed by atoms with E-state index in [-0.39, 0.29) is 17.4 Å². The van der Waals surface area contributed by atoms with Gasteiger partial charge in [-0.3, -0.25) is 19.7 Å². The molecule has 0 aromatic carbocycles. The van der Waals surface area contributed by atoms with E-state index in [2.05, 4.69) is 47.1 Å². The van der Waals surface area contributed by atoms with E-state index in [1.807, 2.05) is 13.8 Å². The molecular formula is C19H32N6O3. The van der Waals surface area contributed by atoms with Gasteiger partial charge in [0.2, 0.25) is 5.91 Å². The molecule has 1 fully saturated rings. The standard InChI is InChI=1S/C19H32N6O3/c1-11(2)7-8-20-16(27)17(28)22-14-9-12(3)24-25(14)18-21-13(19(4,5)6)10-15(26)23-18/h9,11,13,18,21H,7-8,10H2,1-6H3,(H,20,27)(H,22,28)(H,23,26). The summed E-state index contributed by atoms with van der Waals surface area (Å²) in [4.78, 5) is 36.5. The molecule has 1 aromatic heterocycles. The van der Waals surface area contributed by atoms with Gasteiger partial charge in [-0.1, -0.05) is 34.6 Å². The van der Waals surface area contributed by atoms with Crippen LogP contribution in [0.25, 0.3) is 0 Å². The number of anilines is 1. The molecule has 2 heterocycles. The Labute approximate surface area is 166 Å². The molecule has 9 nitrogen and oxygen atoms in total.